The lowest BCUT2D eigenvalue weighted by molar-refractivity contribution is 1.00. The van der Waals surface area contributed by atoms with Crippen molar-refractivity contribution in [2.75, 3.05) is 29.1 Å². The Labute approximate surface area is 119 Å². The number of nitrogens with zero attached hydrogens (tertiary/aromatic N) is 1. The highest BCUT2D eigenvalue weighted by Crippen LogP contribution is 2.27. The van der Waals surface area contributed by atoms with Gasteiger partial charge in [-0.05, 0) is 28.1 Å². The van der Waals surface area contributed by atoms with Gasteiger partial charge in [0.25, 0.3) is 0 Å². The van der Waals surface area contributed by atoms with E-state index in [0.717, 1.165) is 16.7 Å². The van der Waals surface area contributed by atoms with Crippen LogP contribution in [0.4, 0.5) is 5.69 Å². The summed E-state index contributed by atoms with van der Waals surface area (Å²) >= 11 is 7.44. The van der Waals surface area contributed by atoms with Crippen molar-refractivity contribution in [2.45, 2.75) is 5.25 Å². The van der Waals surface area contributed by atoms with E-state index in [2.05, 4.69) is 27.3 Å². The lowest BCUT2D eigenvalue weighted by atomic mass is 10.2. The Kier molecular flexibility index (Phi) is 5.08. The van der Waals surface area contributed by atoms with Crippen molar-refractivity contribution >= 4 is 45.1 Å². The average molecular weight is 329 g/mol. The van der Waals surface area contributed by atoms with E-state index in [1.807, 2.05) is 41.7 Å². The van der Waals surface area contributed by atoms with Crippen LogP contribution in [0.2, 0.25) is 0 Å². The molecule has 1 saturated heterocycles. The molecule has 1 heterocycles. The number of benzene rings is 1. The molecule has 1 aliphatic rings. The number of halogens is 1. The fourth-order valence-corrected chi connectivity index (χ4v) is 4.73. The van der Waals surface area contributed by atoms with Crippen molar-refractivity contribution in [2.24, 2.45) is 0 Å². The summed E-state index contributed by atoms with van der Waals surface area (Å²) in [5.74, 6) is 3.70. The molecule has 90 valence electrons. The van der Waals surface area contributed by atoms with E-state index in [1.54, 1.807) is 0 Å². The summed E-state index contributed by atoms with van der Waals surface area (Å²) in [6.45, 7) is 0.933. The summed E-state index contributed by atoms with van der Waals surface area (Å²) in [6.07, 6.45) is 0. The van der Waals surface area contributed by atoms with Crippen LogP contribution in [0.5, 0.6) is 0 Å². The summed E-state index contributed by atoms with van der Waals surface area (Å²) in [4.78, 5) is 0. The van der Waals surface area contributed by atoms with Crippen LogP contribution in [0.25, 0.3) is 0 Å². The predicted molar refractivity (Wildman–Crippen MR) is 80.9 cm³/mol. The van der Waals surface area contributed by atoms with Crippen LogP contribution in [0.1, 0.15) is 5.56 Å². The minimum absolute atomic E-state index is 0.652. The normalized spacial score (nSPS) is 19.6. The van der Waals surface area contributed by atoms with Crippen LogP contribution in [-0.4, -0.2) is 29.1 Å². The second-order valence-corrected chi connectivity index (χ2v) is 7.14. The maximum absolute atomic E-state index is 9.11. The number of hydrogen-bond donors (Lipinski definition) is 1. The van der Waals surface area contributed by atoms with Crippen LogP contribution in [0.3, 0.4) is 0 Å². The number of hydrogen-bond acceptors (Lipinski definition) is 4. The Morgan fingerprint density at radius 1 is 1.47 bits per heavy atom. The van der Waals surface area contributed by atoms with E-state index in [1.165, 1.54) is 17.3 Å². The lowest BCUT2D eigenvalue weighted by Crippen LogP contribution is -2.23. The monoisotopic (exact) mass is 328 g/mol. The number of rotatable bonds is 3. The zero-order chi connectivity index (χ0) is 12.1. The number of thioether (sulfide) groups is 2. The summed E-state index contributed by atoms with van der Waals surface area (Å²) in [7, 11) is 0. The quantitative estimate of drug-likeness (QED) is 0.919. The maximum atomic E-state index is 9.11. The Bertz CT molecular complexity index is 425. The van der Waals surface area contributed by atoms with Crippen molar-refractivity contribution in [3.8, 4) is 6.07 Å². The van der Waals surface area contributed by atoms with Gasteiger partial charge in [0.1, 0.15) is 6.07 Å². The minimum atomic E-state index is 0.652. The minimum Gasteiger partial charge on any atom is -0.383 e. The zero-order valence-corrected chi connectivity index (χ0v) is 12.5. The van der Waals surface area contributed by atoms with E-state index < -0.39 is 0 Å². The van der Waals surface area contributed by atoms with Crippen LogP contribution >= 0.6 is 39.5 Å². The predicted octanol–water partition coefficient (Wildman–Crippen LogP) is 3.58. The van der Waals surface area contributed by atoms with Crippen molar-refractivity contribution in [1.29, 1.82) is 5.26 Å². The van der Waals surface area contributed by atoms with Gasteiger partial charge in [-0.3, -0.25) is 0 Å². The van der Waals surface area contributed by atoms with Crippen LogP contribution in [-0.2, 0) is 0 Å². The van der Waals surface area contributed by atoms with Gasteiger partial charge >= 0.3 is 0 Å². The smallest absolute Gasteiger partial charge is 0.103 e. The second kappa shape index (κ2) is 6.58. The van der Waals surface area contributed by atoms with E-state index in [4.69, 9.17) is 5.26 Å². The summed E-state index contributed by atoms with van der Waals surface area (Å²) in [5.41, 5.74) is 1.62. The molecule has 1 fully saturated rings. The third-order valence-electron chi connectivity index (χ3n) is 2.53. The molecule has 2 nitrogen and oxygen atoms in total. The first-order chi connectivity index (χ1) is 8.31. The first-order valence-electron chi connectivity index (χ1n) is 5.43. The molecule has 0 bridgehead atoms. The molecule has 2 rings (SSSR count). The molecule has 1 aromatic rings. The van der Waals surface area contributed by atoms with Gasteiger partial charge in [0.15, 0.2) is 0 Å². The lowest BCUT2D eigenvalue weighted by Gasteiger charge is -2.22. The van der Waals surface area contributed by atoms with E-state index in [-0.39, 0.29) is 0 Å². The Balaban J connectivity index is 1.99. The molecular weight excluding hydrogens is 316 g/mol. The van der Waals surface area contributed by atoms with Crippen LogP contribution < -0.4 is 5.32 Å². The highest BCUT2D eigenvalue weighted by molar-refractivity contribution is 9.10. The third kappa shape index (κ3) is 3.57. The molecule has 0 radical (unpaired) electrons. The fourth-order valence-electron chi connectivity index (χ4n) is 1.66. The van der Waals surface area contributed by atoms with Gasteiger partial charge in [-0.15, -0.1) is 0 Å². The van der Waals surface area contributed by atoms with Gasteiger partial charge < -0.3 is 5.32 Å². The topological polar surface area (TPSA) is 35.8 Å². The molecule has 0 spiro atoms. The van der Waals surface area contributed by atoms with Gasteiger partial charge in [0.05, 0.1) is 11.3 Å². The summed E-state index contributed by atoms with van der Waals surface area (Å²) in [5, 5.41) is 13.1. The fraction of sp³-hybridized carbons (Fsp3) is 0.417. The molecule has 0 saturated carbocycles. The molecular formula is C12H13BrN2S2. The molecule has 1 atom stereocenters. The maximum Gasteiger partial charge on any atom is 0.103 e. The van der Waals surface area contributed by atoms with Crippen LogP contribution in [0.15, 0.2) is 22.7 Å². The van der Waals surface area contributed by atoms with Crippen molar-refractivity contribution < 1.29 is 0 Å². The van der Waals surface area contributed by atoms with Crippen molar-refractivity contribution in [1.82, 2.24) is 0 Å². The first-order valence-corrected chi connectivity index (χ1v) is 8.42. The highest BCUT2D eigenvalue weighted by atomic mass is 79.9. The number of nitriles is 1. The first kappa shape index (κ1) is 13.1. The molecule has 5 heteroatoms. The zero-order valence-electron chi connectivity index (χ0n) is 9.28. The van der Waals surface area contributed by atoms with Gasteiger partial charge in [-0.2, -0.15) is 28.8 Å². The van der Waals surface area contributed by atoms with Gasteiger partial charge in [0.2, 0.25) is 0 Å². The summed E-state index contributed by atoms with van der Waals surface area (Å²) in [6, 6.07) is 8.04. The third-order valence-corrected chi connectivity index (χ3v) is 6.04. The number of anilines is 1. The molecule has 1 unspecified atom stereocenters. The standard InChI is InChI=1S/C12H13BrN2S2/c13-11-2-1-3-12(10(11)6-14)15-7-9-8-16-4-5-17-9/h1-3,9,15H,4-5,7-8H2. The highest BCUT2D eigenvalue weighted by Gasteiger charge is 2.14. The largest absolute Gasteiger partial charge is 0.383 e. The van der Waals surface area contributed by atoms with Gasteiger partial charge in [0, 0.05) is 33.5 Å². The Morgan fingerprint density at radius 3 is 3.06 bits per heavy atom. The van der Waals surface area contributed by atoms with Crippen molar-refractivity contribution in [3.05, 3.63) is 28.2 Å². The second-order valence-electron chi connectivity index (χ2n) is 3.72. The molecule has 0 amide bonds. The molecule has 0 aliphatic carbocycles. The van der Waals surface area contributed by atoms with E-state index >= 15 is 0 Å². The SMILES string of the molecule is N#Cc1c(Br)cccc1NCC1CSCCS1. The van der Waals surface area contributed by atoms with Gasteiger partial charge in [-0.1, -0.05) is 6.07 Å². The summed E-state index contributed by atoms with van der Waals surface area (Å²) < 4.78 is 0.857. The molecule has 1 aliphatic heterocycles. The molecule has 0 aromatic heterocycles. The van der Waals surface area contributed by atoms with E-state index in [9.17, 15) is 0 Å². The Morgan fingerprint density at radius 2 is 2.35 bits per heavy atom. The van der Waals surface area contributed by atoms with Crippen molar-refractivity contribution in [3.63, 3.8) is 0 Å². The van der Waals surface area contributed by atoms with Gasteiger partial charge in [-0.25, -0.2) is 0 Å². The number of nitrogens with one attached hydrogen (secondary N) is 1. The Hall–Kier alpha value is -0.310. The van der Waals surface area contributed by atoms with E-state index in [0.29, 0.717) is 10.8 Å². The molecule has 1 aromatic carbocycles. The average Bonchev–Trinajstić information content (AvgIpc) is 2.37. The molecule has 1 N–H and O–H groups in total. The molecule has 17 heavy (non-hydrogen) atoms. The van der Waals surface area contributed by atoms with Crippen LogP contribution in [0, 0.1) is 11.3 Å².